The van der Waals surface area contributed by atoms with Crippen LogP contribution in [0.4, 0.5) is 0 Å². The molecule has 0 saturated carbocycles. The summed E-state index contributed by atoms with van der Waals surface area (Å²) >= 11 is 0. The van der Waals surface area contributed by atoms with Crippen molar-refractivity contribution in [2.24, 2.45) is 0 Å². The van der Waals surface area contributed by atoms with E-state index >= 15 is 0 Å². The molecule has 4 nitrogen and oxygen atoms in total. The molecule has 0 saturated heterocycles. The zero-order chi connectivity index (χ0) is 11.3. The van der Waals surface area contributed by atoms with Gasteiger partial charge in [-0.3, -0.25) is 0 Å². The maximum atomic E-state index is 10.5. The van der Waals surface area contributed by atoms with Gasteiger partial charge < -0.3 is 9.84 Å². The molecule has 1 N–H and O–H groups in total. The fraction of sp³-hybridized carbons (Fsp3) is 0.273. The molecule has 0 bridgehead atoms. The smallest absolute Gasteiger partial charge is 0.332 e. The van der Waals surface area contributed by atoms with Crippen LogP contribution >= 0.6 is 0 Å². The number of hydrogen-bond acceptors (Lipinski definition) is 3. The Labute approximate surface area is 87.7 Å². The van der Waals surface area contributed by atoms with E-state index in [-0.39, 0.29) is 6.61 Å². The molecule has 0 heterocycles. The molecule has 0 fully saturated rings. The highest BCUT2D eigenvalue weighted by atomic mass is 16.5. The zero-order valence-electron chi connectivity index (χ0n) is 8.30. The standard InChI is InChI=1S/C11H11NO3/c1-8(11(13)14)15-7-10-4-2-9(6-12)3-5-10/h2-5,8H,7H2,1H3,(H,13,14)/t8-/m1/s1. The Hall–Kier alpha value is -1.86. The van der Waals surface area contributed by atoms with E-state index in [0.717, 1.165) is 5.56 Å². The van der Waals surface area contributed by atoms with Gasteiger partial charge in [-0.25, -0.2) is 4.79 Å². The van der Waals surface area contributed by atoms with Crippen molar-refractivity contribution in [1.82, 2.24) is 0 Å². The van der Waals surface area contributed by atoms with Gasteiger partial charge in [0.1, 0.15) is 0 Å². The van der Waals surface area contributed by atoms with Gasteiger partial charge in [-0.1, -0.05) is 12.1 Å². The van der Waals surface area contributed by atoms with Gasteiger partial charge in [0, 0.05) is 0 Å². The molecule has 0 aliphatic carbocycles. The van der Waals surface area contributed by atoms with E-state index in [9.17, 15) is 4.79 Å². The molecule has 4 heteroatoms. The van der Waals surface area contributed by atoms with Crippen molar-refractivity contribution in [3.8, 4) is 6.07 Å². The minimum atomic E-state index is -0.983. The number of nitrogens with zero attached hydrogens (tertiary/aromatic N) is 1. The number of aliphatic carboxylic acids is 1. The van der Waals surface area contributed by atoms with E-state index in [4.69, 9.17) is 15.1 Å². The van der Waals surface area contributed by atoms with Crippen molar-refractivity contribution in [3.63, 3.8) is 0 Å². The van der Waals surface area contributed by atoms with E-state index in [1.807, 2.05) is 6.07 Å². The van der Waals surface area contributed by atoms with Crippen molar-refractivity contribution in [2.45, 2.75) is 19.6 Å². The molecule has 15 heavy (non-hydrogen) atoms. The number of rotatable bonds is 4. The molecule has 0 aliphatic heterocycles. The van der Waals surface area contributed by atoms with Crippen LogP contribution in [0, 0.1) is 11.3 Å². The number of benzene rings is 1. The Bertz CT molecular complexity index is 378. The van der Waals surface area contributed by atoms with E-state index in [1.54, 1.807) is 24.3 Å². The average Bonchev–Trinajstić information content (AvgIpc) is 2.26. The van der Waals surface area contributed by atoms with Crippen LogP contribution in [0.1, 0.15) is 18.1 Å². The molecule has 0 spiro atoms. The molecule has 1 atom stereocenters. The van der Waals surface area contributed by atoms with Gasteiger partial charge in [0.2, 0.25) is 0 Å². The normalized spacial score (nSPS) is 11.7. The highest BCUT2D eigenvalue weighted by Gasteiger charge is 2.10. The second-order valence-corrected chi connectivity index (χ2v) is 3.10. The van der Waals surface area contributed by atoms with Gasteiger partial charge in [0.05, 0.1) is 18.2 Å². The molecule has 1 rings (SSSR count). The maximum Gasteiger partial charge on any atom is 0.332 e. The van der Waals surface area contributed by atoms with E-state index < -0.39 is 12.1 Å². The molecular formula is C11H11NO3. The second-order valence-electron chi connectivity index (χ2n) is 3.10. The Morgan fingerprint density at radius 3 is 2.60 bits per heavy atom. The summed E-state index contributed by atoms with van der Waals surface area (Å²) in [5.74, 6) is -0.983. The first-order valence-corrected chi connectivity index (χ1v) is 4.47. The SMILES string of the molecule is C[C@@H](OCc1ccc(C#N)cc1)C(=O)O. The summed E-state index contributed by atoms with van der Waals surface area (Å²) in [6, 6.07) is 8.83. The molecule has 1 aromatic carbocycles. The monoisotopic (exact) mass is 205 g/mol. The fourth-order valence-electron chi connectivity index (χ4n) is 0.968. The first kappa shape index (κ1) is 11.2. The quantitative estimate of drug-likeness (QED) is 0.809. The fourth-order valence-corrected chi connectivity index (χ4v) is 0.968. The first-order valence-electron chi connectivity index (χ1n) is 4.47. The van der Waals surface area contributed by atoms with Gasteiger partial charge in [0.25, 0.3) is 0 Å². The molecule has 0 aliphatic rings. The molecule has 0 radical (unpaired) electrons. The summed E-state index contributed by atoms with van der Waals surface area (Å²) in [6.45, 7) is 1.71. The lowest BCUT2D eigenvalue weighted by Crippen LogP contribution is -2.19. The number of ether oxygens (including phenoxy) is 1. The van der Waals surface area contributed by atoms with Gasteiger partial charge in [-0.2, -0.15) is 5.26 Å². The Morgan fingerprint density at radius 2 is 2.13 bits per heavy atom. The van der Waals surface area contributed by atoms with E-state index in [1.165, 1.54) is 6.92 Å². The summed E-state index contributed by atoms with van der Waals surface area (Å²) in [7, 11) is 0. The highest BCUT2D eigenvalue weighted by molar-refractivity contribution is 5.71. The van der Waals surface area contributed by atoms with Crippen LogP contribution in [-0.4, -0.2) is 17.2 Å². The summed E-state index contributed by atoms with van der Waals surface area (Å²) < 4.78 is 5.08. The summed E-state index contributed by atoms with van der Waals surface area (Å²) in [5.41, 5.74) is 1.42. The van der Waals surface area contributed by atoms with Crippen LogP contribution < -0.4 is 0 Å². The molecular weight excluding hydrogens is 194 g/mol. The maximum absolute atomic E-state index is 10.5. The summed E-state index contributed by atoms with van der Waals surface area (Å²) in [6.07, 6.45) is -0.819. The van der Waals surface area contributed by atoms with Crippen LogP contribution in [0.25, 0.3) is 0 Å². The molecule has 0 aromatic heterocycles. The van der Waals surface area contributed by atoms with Crippen molar-refractivity contribution < 1.29 is 14.6 Å². The highest BCUT2D eigenvalue weighted by Crippen LogP contribution is 2.06. The largest absolute Gasteiger partial charge is 0.479 e. The lowest BCUT2D eigenvalue weighted by molar-refractivity contribution is -0.149. The molecule has 0 unspecified atom stereocenters. The van der Waals surface area contributed by atoms with Crippen LogP contribution in [0.5, 0.6) is 0 Å². The number of carboxylic acids is 1. The topological polar surface area (TPSA) is 70.3 Å². The van der Waals surface area contributed by atoms with Crippen molar-refractivity contribution in [1.29, 1.82) is 5.26 Å². The minimum Gasteiger partial charge on any atom is -0.479 e. The van der Waals surface area contributed by atoms with Crippen LogP contribution in [0.3, 0.4) is 0 Å². The van der Waals surface area contributed by atoms with Crippen molar-refractivity contribution in [3.05, 3.63) is 35.4 Å². The molecule has 0 amide bonds. The van der Waals surface area contributed by atoms with Crippen molar-refractivity contribution >= 4 is 5.97 Å². The van der Waals surface area contributed by atoms with Gasteiger partial charge >= 0.3 is 5.97 Å². The van der Waals surface area contributed by atoms with Gasteiger partial charge in [-0.05, 0) is 24.6 Å². The Kier molecular flexibility index (Phi) is 3.83. The number of nitriles is 1. The number of hydrogen-bond donors (Lipinski definition) is 1. The third kappa shape index (κ3) is 3.41. The van der Waals surface area contributed by atoms with Crippen LogP contribution in [-0.2, 0) is 16.1 Å². The second kappa shape index (κ2) is 5.13. The predicted octanol–water partition coefficient (Wildman–Crippen LogP) is 1.55. The summed E-state index contributed by atoms with van der Waals surface area (Å²) in [4.78, 5) is 10.5. The average molecular weight is 205 g/mol. The summed E-state index contributed by atoms with van der Waals surface area (Å²) in [5, 5.41) is 17.1. The minimum absolute atomic E-state index is 0.235. The predicted molar refractivity (Wildman–Crippen MR) is 53.0 cm³/mol. The van der Waals surface area contributed by atoms with E-state index in [0.29, 0.717) is 5.56 Å². The Balaban J connectivity index is 2.52. The number of carboxylic acid groups (broad SMARTS) is 1. The third-order valence-corrected chi connectivity index (χ3v) is 1.93. The van der Waals surface area contributed by atoms with Crippen molar-refractivity contribution in [2.75, 3.05) is 0 Å². The first-order chi connectivity index (χ1) is 7.13. The van der Waals surface area contributed by atoms with Crippen LogP contribution in [0.15, 0.2) is 24.3 Å². The van der Waals surface area contributed by atoms with Gasteiger partial charge in [0.15, 0.2) is 6.10 Å². The molecule has 78 valence electrons. The Morgan fingerprint density at radius 1 is 1.53 bits per heavy atom. The third-order valence-electron chi connectivity index (χ3n) is 1.93. The zero-order valence-corrected chi connectivity index (χ0v) is 8.30. The van der Waals surface area contributed by atoms with Gasteiger partial charge in [-0.15, -0.1) is 0 Å². The number of carbonyl (C=O) groups is 1. The van der Waals surface area contributed by atoms with E-state index in [2.05, 4.69) is 0 Å². The lowest BCUT2D eigenvalue weighted by atomic mass is 10.1. The molecule has 1 aromatic rings. The lowest BCUT2D eigenvalue weighted by Gasteiger charge is -2.07. The van der Waals surface area contributed by atoms with Crippen LogP contribution in [0.2, 0.25) is 0 Å².